The van der Waals surface area contributed by atoms with Crippen molar-refractivity contribution in [2.45, 2.75) is 6.54 Å². The summed E-state index contributed by atoms with van der Waals surface area (Å²) in [6.07, 6.45) is 0. The molecule has 0 fully saturated rings. The molecule has 0 radical (unpaired) electrons. The van der Waals surface area contributed by atoms with Crippen LogP contribution in [-0.4, -0.2) is 27.1 Å². The van der Waals surface area contributed by atoms with Crippen LogP contribution in [0.4, 0.5) is 5.69 Å². The summed E-state index contributed by atoms with van der Waals surface area (Å²) in [6.45, 7) is 0.210. The lowest BCUT2D eigenvalue weighted by molar-refractivity contribution is -0.384. The van der Waals surface area contributed by atoms with E-state index in [1.165, 1.54) is 35.9 Å². The number of non-ortho nitro benzene ring substituents is 1. The molecule has 4 aromatic rings. The molecule has 0 aliphatic rings. The fourth-order valence-corrected chi connectivity index (χ4v) is 3.62. The zero-order valence-electron chi connectivity index (χ0n) is 16.3. The number of aromatic nitrogens is 2. The minimum absolute atomic E-state index is 0.0711. The highest BCUT2D eigenvalue weighted by atomic mass is 35.5. The number of ether oxygens (including phenoxy) is 1. The number of nitro benzene ring substituents is 1. The lowest BCUT2D eigenvalue weighted by Gasteiger charge is -2.06. The van der Waals surface area contributed by atoms with Gasteiger partial charge >= 0.3 is 11.7 Å². The van der Waals surface area contributed by atoms with E-state index < -0.39 is 10.9 Å². The van der Waals surface area contributed by atoms with E-state index in [4.69, 9.17) is 16.3 Å². The van der Waals surface area contributed by atoms with Gasteiger partial charge in [0, 0.05) is 17.2 Å². The molecule has 0 aliphatic carbocycles. The SMILES string of the molecule is COC(=O)c1cccc(Cn2c(=O)n(-c3ccc([N+](=O)[O-])cc3)c3cc(Cl)ccc32)c1. The Morgan fingerprint density at radius 1 is 1.06 bits per heavy atom. The van der Waals surface area contributed by atoms with Gasteiger partial charge in [-0.15, -0.1) is 0 Å². The summed E-state index contributed by atoms with van der Waals surface area (Å²) < 4.78 is 7.78. The average Bonchev–Trinajstić information content (AvgIpc) is 3.04. The number of imidazole rings is 1. The van der Waals surface area contributed by atoms with E-state index in [0.29, 0.717) is 27.3 Å². The number of rotatable bonds is 5. The summed E-state index contributed by atoms with van der Waals surface area (Å²) in [5, 5.41) is 11.4. The molecule has 0 unspecified atom stereocenters. The van der Waals surface area contributed by atoms with Crippen molar-refractivity contribution >= 4 is 34.3 Å². The van der Waals surface area contributed by atoms with E-state index in [9.17, 15) is 19.7 Å². The Bertz CT molecular complexity index is 1370. The number of nitro groups is 1. The van der Waals surface area contributed by atoms with Gasteiger partial charge in [0.1, 0.15) is 0 Å². The third-order valence-corrected chi connectivity index (χ3v) is 5.13. The van der Waals surface area contributed by atoms with E-state index in [1.54, 1.807) is 41.0 Å². The second-order valence-electron chi connectivity index (χ2n) is 6.80. The second kappa shape index (κ2) is 8.08. The zero-order valence-corrected chi connectivity index (χ0v) is 17.1. The second-order valence-corrected chi connectivity index (χ2v) is 7.24. The van der Waals surface area contributed by atoms with Gasteiger partial charge in [0.15, 0.2) is 0 Å². The van der Waals surface area contributed by atoms with E-state index in [0.717, 1.165) is 5.56 Å². The van der Waals surface area contributed by atoms with Crippen molar-refractivity contribution in [2.24, 2.45) is 0 Å². The number of hydrogen-bond acceptors (Lipinski definition) is 5. The van der Waals surface area contributed by atoms with E-state index in [-0.39, 0.29) is 17.9 Å². The molecule has 0 amide bonds. The number of methoxy groups -OCH3 is 1. The molecule has 0 N–H and O–H groups in total. The Morgan fingerprint density at radius 3 is 2.48 bits per heavy atom. The minimum atomic E-state index is -0.499. The van der Waals surface area contributed by atoms with Gasteiger partial charge in [0.2, 0.25) is 0 Å². The summed E-state index contributed by atoms with van der Waals surface area (Å²) in [4.78, 5) is 35.7. The molecule has 0 saturated heterocycles. The molecular formula is C22H16ClN3O5. The molecular weight excluding hydrogens is 422 g/mol. The summed E-state index contributed by atoms with van der Waals surface area (Å²) in [7, 11) is 1.31. The first kappa shape index (κ1) is 20.4. The zero-order chi connectivity index (χ0) is 22.1. The van der Waals surface area contributed by atoms with Crippen molar-refractivity contribution in [3.63, 3.8) is 0 Å². The molecule has 9 heteroatoms. The predicted octanol–water partition coefficient (Wildman–Crippen LogP) is 4.19. The topological polar surface area (TPSA) is 96.4 Å². The fourth-order valence-electron chi connectivity index (χ4n) is 3.45. The normalized spacial score (nSPS) is 10.9. The number of nitrogens with zero attached hydrogens (tertiary/aromatic N) is 3. The van der Waals surface area contributed by atoms with Gasteiger partial charge in [0.05, 0.1) is 40.9 Å². The first-order valence-electron chi connectivity index (χ1n) is 9.22. The van der Waals surface area contributed by atoms with Crippen molar-refractivity contribution in [3.05, 3.63) is 103 Å². The molecule has 1 aromatic heterocycles. The van der Waals surface area contributed by atoms with Crippen LogP contribution in [0, 0.1) is 10.1 Å². The molecule has 0 aliphatic heterocycles. The van der Waals surface area contributed by atoms with Crippen molar-refractivity contribution in [2.75, 3.05) is 7.11 Å². The van der Waals surface area contributed by atoms with Gasteiger partial charge in [-0.3, -0.25) is 19.2 Å². The maximum atomic E-state index is 13.4. The third-order valence-electron chi connectivity index (χ3n) is 4.90. The average molecular weight is 438 g/mol. The van der Waals surface area contributed by atoms with Crippen LogP contribution >= 0.6 is 11.6 Å². The van der Waals surface area contributed by atoms with Gasteiger partial charge < -0.3 is 4.74 Å². The highest BCUT2D eigenvalue weighted by Crippen LogP contribution is 2.24. The molecule has 4 rings (SSSR count). The molecule has 3 aromatic carbocycles. The number of halogens is 1. The van der Waals surface area contributed by atoms with Crippen LogP contribution in [0.25, 0.3) is 16.7 Å². The molecule has 156 valence electrons. The van der Waals surface area contributed by atoms with Crippen LogP contribution < -0.4 is 5.69 Å². The van der Waals surface area contributed by atoms with Crippen LogP contribution in [0.15, 0.2) is 71.5 Å². The predicted molar refractivity (Wildman–Crippen MR) is 116 cm³/mol. The Morgan fingerprint density at radius 2 is 1.81 bits per heavy atom. The van der Waals surface area contributed by atoms with Crippen molar-refractivity contribution in [1.29, 1.82) is 0 Å². The molecule has 0 bridgehead atoms. The van der Waals surface area contributed by atoms with Gasteiger partial charge in [-0.05, 0) is 48.0 Å². The molecule has 0 atom stereocenters. The monoisotopic (exact) mass is 437 g/mol. The quantitative estimate of drug-likeness (QED) is 0.265. The van der Waals surface area contributed by atoms with Crippen LogP contribution in [0.5, 0.6) is 0 Å². The molecule has 8 nitrogen and oxygen atoms in total. The highest BCUT2D eigenvalue weighted by Gasteiger charge is 2.17. The van der Waals surface area contributed by atoms with Crippen LogP contribution in [-0.2, 0) is 11.3 Å². The Kier molecular flexibility index (Phi) is 5.31. The number of carbonyl (C=O) groups excluding carboxylic acids is 1. The number of carbonyl (C=O) groups is 1. The molecule has 0 saturated carbocycles. The summed E-state index contributed by atoms with van der Waals surface area (Å²) >= 11 is 6.17. The Hall–Kier alpha value is -3.91. The Balaban J connectivity index is 1.86. The van der Waals surface area contributed by atoms with Crippen molar-refractivity contribution < 1.29 is 14.5 Å². The lowest BCUT2D eigenvalue weighted by Crippen LogP contribution is -2.23. The largest absolute Gasteiger partial charge is 0.465 e. The fraction of sp³-hybridized carbons (Fsp3) is 0.0909. The first-order chi connectivity index (χ1) is 14.9. The lowest BCUT2D eigenvalue weighted by atomic mass is 10.1. The van der Waals surface area contributed by atoms with Crippen molar-refractivity contribution in [3.8, 4) is 5.69 Å². The van der Waals surface area contributed by atoms with E-state index >= 15 is 0 Å². The van der Waals surface area contributed by atoms with Crippen LogP contribution in [0.2, 0.25) is 5.02 Å². The molecule has 31 heavy (non-hydrogen) atoms. The van der Waals surface area contributed by atoms with E-state index in [2.05, 4.69) is 0 Å². The van der Waals surface area contributed by atoms with Crippen molar-refractivity contribution in [1.82, 2.24) is 9.13 Å². The number of esters is 1. The number of benzene rings is 3. The molecule has 0 spiro atoms. The van der Waals surface area contributed by atoms with Gasteiger partial charge in [-0.2, -0.15) is 0 Å². The van der Waals surface area contributed by atoms with Gasteiger partial charge in [-0.25, -0.2) is 9.59 Å². The molecule has 1 heterocycles. The summed E-state index contributed by atoms with van der Waals surface area (Å²) in [5.74, 6) is -0.464. The van der Waals surface area contributed by atoms with Crippen LogP contribution in [0.1, 0.15) is 15.9 Å². The summed E-state index contributed by atoms with van der Waals surface area (Å²) in [6, 6.07) is 17.6. The van der Waals surface area contributed by atoms with Gasteiger partial charge in [-0.1, -0.05) is 23.7 Å². The number of fused-ring (bicyclic) bond motifs is 1. The summed E-state index contributed by atoms with van der Waals surface area (Å²) in [5.41, 5.74) is 2.39. The number of hydrogen-bond donors (Lipinski definition) is 0. The van der Waals surface area contributed by atoms with E-state index in [1.807, 2.05) is 6.07 Å². The highest BCUT2D eigenvalue weighted by molar-refractivity contribution is 6.31. The smallest absolute Gasteiger partial charge is 0.337 e. The van der Waals surface area contributed by atoms with Gasteiger partial charge in [0.25, 0.3) is 5.69 Å². The maximum absolute atomic E-state index is 13.4. The standard InChI is InChI=1S/C22H16ClN3O5/c1-31-21(27)15-4-2-3-14(11-15)13-24-19-10-5-16(23)12-20(19)25(22(24)28)17-6-8-18(9-7-17)26(29)30/h2-12H,13H2,1H3. The maximum Gasteiger partial charge on any atom is 0.337 e. The Labute approximate surface area is 181 Å². The minimum Gasteiger partial charge on any atom is -0.465 e. The van der Waals surface area contributed by atoms with Crippen LogP contribution in [0.3, 0.4) is 0 Å². The first-order valence-corrected chi connectivity index (χ1v) is 9.59. The third kappa shape index (κ3) is 3.80.